The maximum atomic E-state index is 11.9. The summed E-state index contributed by atoms with van der Waals surface area (Å²) >= 11 is 0. The first-order valence-corrected chi connectivity index (χ1v) is 7.29. The first-order valence-electron chi connectivity index (χ1n) is 7.29. The van der Waals surface area contributed by atoms with Crippen LogP contribution < -0.4 is 0 Å². The third-order valence-corrected chi connectivity index (χ3v) is 3.64. The third kappa shape index (κ3) is 5.33. The Kier molecular flexibility index (Phi) is 7.10. The minimum Gasteiger partial charge on any atom is -0.459 e. The minimum absolute atomic E-state index is 0.431. The van der Waals surface area contributed by atoms with Crippen molar-refractivity contribution in [2.45, 2.75) is 70.7 Å². The van der Waals surface area contributed by atoms with Crippen LogP contribution in [0.15, 0.2) is 12.2 Å². The largest absolute Gasteiger partial charge is 0.459 e. The summed E-state index contributed by atoms with van der Waals surface area (Å²) in [5, 5.41) is 19.9. The van der Waals surface area contributed by atoms with Gasteiger partial charge in [-0.15, -0.1) is 0 Å². The molecule has 1 rings (SSSR count). The molecule has 0 saturated heterocycles. The molecule has 0 radical (unpaired) electrons. The number of aliphatic hydroxyl groups excluding tert-OH is 2. The molecule has 4 atom stereocenters. The molecule has 0 spiro atoms. The molecule has 1 aliphatic heterocycles. The Labute approximate surface area is 115 Å². The number of aliphatic hydroxyl groups is 2. The van der Waals surface area contributed by atoms with E-state index in [1.54, 1.807) is 13.0 Å². The highest BCUT2D eigenvalue weighted by Gasteiger charge is 2.28. The third-order valence-electron chi connectivity index (χ3n) is 3.64. The molecule has 4 heteroatoms. The molecule has 0 aromatic heterocycles. The molecule has 0 aliphatic carbocycles. The van der Waals surface area contributed by atoms with Gasteiger partial charge in [-0.3, -0.25) is 4.79 Å². The number of esters is 1. The van der Waals surface area contributed by atoms with Gasteiger partial charge in [0.15, 0.2) is 0 Å². The summed E-state index contributed by atoms with van der Waals surface area (Å²) < 4.78 is 5.39. The van der Waals surface area contributed by atoms with Crippen LogP contribution in [0.2, 0.25) is 0 Å². The molecule has 0 fully saturated rings. The van der Waals surface area contributed by atoms with E-state index in [0.29, 0.717) is 19.3 Å². The lowest BCUT2D eigenvalue weighted by atomic mass is 9.98. The summed E-state index contributed by atoms with van der Waals surface area (Å²) in [5.41, 5.74) is 0. The maximum absolute atomic E-state index is 11.9. The highest BCUT2D eigenvalue weighted by Crippen LogP contribution is 2.19. The fourth-order valence-electron chi connectivity index (χ4n) is 2.18. The van der Waals surface area contributed by atoms with Gasteiger partial charge >= 0.3 is 5.97 Å². The van der Waals surface area contributed by atoms with Crippen molar-refractivity contribution >= 4 is 5.97 Å². The van der Waals surface area contributed by atoms with Crippen molar-refractivity contribution in [2.24, 2.45) is 5.92 Å². The predicted molar refractivity (Wildman–Crippen MR) is 73.6 cm³/mol. The van der Waals surface area contributed by atoms with Crippen molar-refractivity contribution in [3.05, 3.63) is 12.2 Å². The Morgan fingerprint density at radius 3 is 2.79 bits per heavy atom. The van der Waals surface area contributed by atoms with Gasteiger partial charge in [0.2, 0.25) is 0 Å². The molecule has 4 nitrogen and oxygen atoms in total. The van der Waals surface area contributed by atoms with Gasteiger partial charge in [0.1, 0.15) is 6.10 Å². The maximum Gasteiger partial charge on any atom is 0.311 e. The van der Waals surface area contributed by atoms with E-state index in [1.165, 1.54) is 0 Å². The standard InChI is InChI=1S/C15H26O4/c1-3-4-5-10-14-13(17)9-7-6-8-12(16)11(2)15(18)19-14/h6,8,11-14,16-17H,3-5,7,9-10H2,1-2H3/t11-,12-,13+,14-/m1/s1. The minimum atomic E-state index is -0.806. The van der Waals surface area contributed by atoms with Crippen LogP contribution in [0.1, 0.15) is 52.4 Å². The predicted octanol–water partition coefficient (Wildman–Crippen LogP) is 2.19. The monoisotopic (exact) mass is 270 g/mol. The van der Waals surface area contributed by atoms with Crippen molar-refractivity contribution in [3.8, 4) is 0 Å². The van der Waals surface area contributed by atoms with Gasteiger partial charge in [-0.25, -0.2) is 0 Å². The van der Waals surface area contributed by atoms with Gasteiger partial charge in [0.25, 0.3) is 0 Å². The second-order valence-electron chi connectivity index (χ2n) is 5.32. The topological polar surface area (TPSA) is 66.8 Å². The van der Waals surface area contributed by atoms with Gasteiger partial charge in [-0.2, -0.15) is 0 Å². The van der Waals surface area contributed by atoms with Crippen LogP contribution in [0.25, 0.3) is 0 Å². The summed E-state index contributed by atoms with van der Waals surface area (Å²) in [6.45, 7) is 3.76. The highest BCUT2D eigenvalue weighted by molar-refractivity contribution is 5.73. The Morgan fingerprint density at radius 2 is 2.11 bits per heavy atom. The molecule has 0 aromatic rings. The normalized spacial score (nSPS) is 32.9. The molecule has 0 bridgehead atoms. The molecule has 1 aliphatic rings. The van der Waals surface area contributed by atoms with E-state index >= 15 is 0 Å². The number of carbonyl (C=O) groups excluding carboxylic acids is 1. The van der Waals surface area contributed by atoms with Crippen molar-refractivity contribution < 1.29 is 19.7 Å². The van der Waals surface area contributed by atoms with E-state index in [9.17, 15) is 15.0 Å². The summed E-state index contributed by atoms with van der Waals surface area (Å²) in [6.07, 6.45) is 6.60. The van der Waals surface area contributed by atoms with Gasteiger partial charge in [-0.1, -0.05) is 31.9 Å². The quantitative estimate of drug-likeness (QED) is 0.467. The Hall–Kier alpha value is -0.870. The number of carbonyl (C=O) groups is 1. The summed E-state index contributed by atoms with van der Waals surface area (Å²) in [6, 6.07) is 0. The first kappa shape index (κ1) is 16.2. The highest BCUT2D eigenvalue weighted by atomic mass is 16.6. The summed E-state index contributed by atoms with van der Waals surface area (Å²) in [7, 11) is 0. The van der Waals surface area contributed by atoms with Crippen molar-refractivity contribution in [1.29, 1.82) is 0 Å². The van der Waals surface area contributed by atoms with E-state index in [2.05, 4.69) is 6.92 Å². The smallest absolute Gasteiger partial charge is 0.311 e. The second kappa shape index (κ2) is 8.33. The van der Waals surface area contributed by atoms with Crippen LogP contribution in [0, 0.1) is 5.92 Å². The zero-order valence-electron chi connectivity index (χ0n) is 11.9. The molecule has 0 amide bonds. The van der Waals surface area contributed by atoms with E-state index in [1.807, 2.05) is 6.08 Å². The lowest BCUT2D eigenvalue weighted by Gasteiger charge is -2.26. The fourth-order valence-corrected chi connectivity index (χ4v) is 2.18. The van der Waals surface area contributed by atoms with Gasteiger partial charge < -0.3 is 14.9 Å². The van der Waals surface area contributed by atoms with Crippen LogP contribution >= 0.6 is 0 Å². The summed E-state index contributed by atoms with van der Waals surface area (Å²) in [4.78, 5) is 11.9. The van der Waals surface area contributed by atoms with Crippen molar-refractivity contribution in [1.82, 2.24) is 0 Å². The zero-order valence-corrected chi connectivity index (χ0v) is 11.9. The van der Waals surface area contributed by atoms with Crippen molar-refractivity contribution in [2.75, 3.05) is 0 Å². The van der Waals surface area contributed by atoms with Crippen LogP contribution in [0.3, 0.4) is 0 Å². The molecular formula is C15H26O4. The Bertz CT molecular complexity index is 301. The molecule has 1 heterocycles. The van der Waals surface area contributed by atoms with Crippen LogP contribution in [-0.2, 0) is 9.53 Å². The first-order chi connectivity index (χ1) is 9.06. The average molecular weight is 270 g/mol. The van der Waals surface area contributed by atoms with Gasteiger partial charge in [-0.05, 0) is 32.6 Å². The van der Waals surface area contributed by atoms with Crippen molar-refractivity contribution in [3.63, 3.8) is 0 Å². The van der Waals surface area contributed by atoms with Crippen LogP contribution in [0.4, 0.5) is 0 Å². The SMILES string of the molecule is CCCCC[C@H]1OC(=O)[C@H](C)[C@H](O)C=CCC[C@@H]1O. The summed E-state index contributed by atoms with van der Waals surface area (Å²) in [5.74, 6) is -1.02. The second-order valence-corrected chi connectivity index (χ2v) is 5.32. The van der Waals surface area contributed by atoms with E-state index in [4.69, 9.17) is 4.74 Å². The Balaban J connectivity index is 2.67. The fraction of sp³-hybridized carbons (Fsp3) is 0.800. The van der Waals surface area contributed by atoms with E-state index in [-0.39, 0.29) is 0 Å². The average Bonchev–Trinajstić information content (AvgIpc) is 2.40. The number of allylic oxidation sites excluding steroid dienone is 1. The number of hydrogen-bond donors (Lipinski definition) is 2. The zero-order chi connectivity index (χ0) is 14.3. The Morgan fingerprint density at radius 1 is 1.37 bits per heavy atom. The number of hydrogen-bond acceptors (Lipinski definition) is 4. The molecule has 0 aromatic carbocycles. The van der Waals surface area contributed by atoms with Crippen LogP contribution in [-0.4, -0.2) is 34.5 Å². The lowest BCUT2D eigenvalue weighted by Crippen LogP contribution is -2.36. The van der Waals surface area contributed by atoms with E-state index in [0.717, 1.165) is 19.3 Å². The molecule has 19 heavy (non-hydrogen) atoms. The molecular weight excluding hydrogens is 244 g/mol. The van der Waals surface area contributed by atoms with Gasteiger partial charge in [0, 0.05) is 0 Å². The molecule has 0 unspecified atom stereocenters. The number of rotatable bonds is 4. The molecule has 2 N–H and O–H groups in total. The number of unbranched alkanes of at least 4 members (excludes halogenated alkanes) is 2. The van der Waals surface area contributed by atoms with Crippen LogP contribution in [0.5, 0.6) is 0 Å². The molecule has 110 valence electrons. The lowest BCUT2D eigenvalue weighted by molar-refractivity contribution is -0.163. The number of cyclic esters (lactones) is 1. The number of ether oxygens (including phenoxy) is 1. The van der Waals surface area contributed by atoms with Gasteiger partial charge in [0.05, 0.1) is 18.1 Å². The molecule has 0 saturated carbocycles. The van der Waals surface area contributed by atoms with E-state index < -0.39 is 30.2 Å².